The summed E-state index contributed by atoms with van der Waals surface area (Å²) in [6.45, 7) is 14.2. The van der Waals surface area contributed by atoms with Crippen LogP contribution in [0.15, 0.2) is 0 Å². The van der Waals surface area contributed by atoms with Gasteiger partial charge in [-0.25, -0.2) is 9.13 Å². The molecule has 0 fully saturated rings. The van der Waals surface area contributed by atoms with E-state index in [1.165, 1.54) is 180 Å². The molecule has 0 aromatic rings. The highest BCUT2D eigenvalue weighted by Gasteiger charge is 2.30. The SMILES string of the molecule is CCC(C)CCCCCCCCCCCCCCCCC(=O)O[C@H](COC(=O)CCCCCCCCC(C)C)COP(=O)(O)OC[C@H](O)COP(=O)(O)OC[C@@H](COC(=O)CCCCCCCCCC(C)C)OC(=O)CCCCCCCCCCCCCCCCCCC(C)C. The van der Waals surface area contributed by atoms with Gasteiger partial charge in [0, 0.05) is 25.7 Å². The smallest absolute Gasteiger partial charge is 0.462 e. The van der Waals surface area contributed by atoms with E-state index in [9.17, 15) is 43.2 Å². The van der Waals surface area contributed by atoms with Gasteiger partial charge in [0.1, 0.15) is 19.3 Å². The van der Waals surface area contributed by atoms with Gasteiger partial charge in [0.25, 0.3) is 0 Å². The predicted octanol–water partition coefficient (Wildman–Crippen LogP) is 22.4. The lowest BCUT2D eigenvalue weighted by Gasteiger charge is -2.21. The second kappa shape index (κ2) is 66.3. The summed E-state index contributed by atoms with van der Waals surface area (Å²) in [5.41, 5.74) is 0. The fourth-order valence-corrected chi connectivity index (χ4v) is 13.3. The maximum Gasteiger partial charge on any atom is 0.472 e. The summed E-state index contributed by atoms with van der Waals surface area (Å²) in [6, 6.07) is 0. The van der Waals surface area contributed by atoms with Gasteiger partial charge in [-0.05, 0) is 49.4 Å². The standard InChI is InChI=1S/C77H150O17P2/c1-9-70(8)56-48-40-31-25-21-17-14-15-19-23-27-33-44-52-60-77(82)94-73(64-88-75(80)58-50-42-36-35-39-47-55-69(6)7)66-92-96(85,86)90-62-71(78)61-89-95(83,84)91-65-72(63-87-74(79)57-49-41-34-28-30-38-46-54-68(4)5)93-76(81)59-51-43-32-26-22-18-13-11-10-12-16-20-24-29-37-45-53-67(2)3/h67-73,78H,9-66H2,1-8H3,(H,83,84)(H,85,86)/t70?,71-,72-,73-/m1/s1. The van der Waals surface area contributed by atoms with E-state index < -0.39 is 97.5 Å². The first kappa shape index (κ1) is 94.1. The van der Waals surface area contributed by atoms with Crippen molar-refractivity contribution in [3.63, 3.8) is 0 Å². The summed E-state index contributed by atoms with van der Waals surface area (Å²) in [6.07, 6.45) is 51.6. The van der Waals surface area contributed by atoms with Crippen molar-refractivity contribution >= 4 is 39.5 Å². The Kier molecular flexibility index (Phi) is 65.0. The normalized spacial score (nSPS) is 14.4. The van der Waals surface area contributed by atoms with E-state index in [1.807, 2.05) is 0 Å². The first-order valence-electron chi connectivity index (χ1n) is 39.7. The van der Waals surface area contributed by atoms with Crippen LogP contribution in [-0.4, -0.2) is 96.7 Å². The summed E-state index contributed by atoms with van der Waals surface area (Å²) in [4.78, 5) is 72.8. The molecule has 0 aromatic heterocycles. The van der Waals surface area contributed by atoms with Gasteiger partial charge >= 0.3 is 39.5 Å². The average Bonchev–Trinajstić information content (AvgIpc) is 1.41. The molecule has 3 unspecified atom stereocenters. The van der Waals surface area contributed by atoms with Gasteiger partial charge in [-0.3, -0.25) is 37.3 Å². The van der Waals surface area contributed by atoms with E-state index in [0.717, 1.165) is 115 Å². The van der Waals surface area contributed by atoms with Crippen LogP contribution in [0.25, 0.3) is 0 Å². The molecule has 19 heteroatoms. The summed E-state index contributed by atoms with van der Waals surface area (Å²) in [7, 11) is -9.91. The second-order valence-corrected chi connectivity index (χ2v) is 32.3. The molecule has 0 saturated heterocycles. The van der Waals surface area contributed by atoms with Crippen molar-refractivity contribution in [3.05, 3.63) is 0 Å². The molecule has 17 nitrogen and oxygen atoms in total. The van der Waals surface area contributed by atoms with E-state index in [-0.39, 0.29) is 25.7 Å². The Morgan fingerprint density at radius 3 is 0.740 bits per heavy atom. The number of carbonyl (C=O) groups is 4. The zero-order chi connectivity index (χ0) is 71.0. The molecule has 0 aliphatic rings. The Morgan fingerprint density at radius 1 is 0.292 bits per heavy atom. The van der Waals surface area contributed by atoms with Crippen molar-refractivity contribution in [1.82, 2.24) is 0 Å². The van der Waals surface area contributed by atoms with Crippen molar-refractivity contribution in [2.45, 2.75) is 408 Å². The van der Waals surface area contributed by atoms with E-state index in [0.29, 0.717) is 37.5 Å². The number of hydrogen-bond acceptors (Lipinski definition) is 15. The lowest BCUT2D eigenvalue weighted by Crippen LogP contribution is -2.30. The molecule has 3 N–H and O–H groups in total. The molecule has 0 bridgehead atoms. The topological polar surface area (TPSA) is 237 Å². The molecule has 0 rings (SSSR count). The number of ether oxygens (including phenoxy) is 4. The summed E-state index contributed by atoms with van der Waals surface area (Å²) < 4.78 is 68.5. The highest BCUT2D eigenvalue weighted by atomic mass is 31.2. The number of phosphoric acid groups is 2. The Morgan fingerprint density at radius 2 is 0.500 bits per heavy atom. The fourth-order valence-electron chi connectivity index (χ4n) is 11.7. The van der Waals surface area contributed by atoms with Gasteiger partial charge in [0.2, 0.25) is 0 Å². The Bertz CT molecular complexity index is 1890. The highest BCUT2D eigenvalue weighted by molar-refractivity contribution is 7.47. The lowest BCUT2D eigenvalue weighted by atomic mass is 9.99. The number of aliphatic hydroxyl groups excluding tert-OH is 1. The van der Waals surface area contributed by atoms with Crippen LogP contribution in [0.3, 0.4) is 0 Å². The summed E-state index contributed by atoms with van der Waals surface area (Å²) in [5.74, 6) is 0.917. The Labute approximate surface area is 588 Å². The lowest BCUT2D eigenvalue weighted by molar-refractivity contribution is -0.161. The third-order valence-corrected chi connectivity index (χ3v) is 20.1. The van der Waals surface area contributed by atoms with Crippen molar-refractivity contribution in [1.29, 1.82) is 0 Å². The molecule has 0 saturated carbocycles. The first-order chi connectivity index (χ1) is 46.1. The Balaban J connectivity index is 5.18. The average molecular weight is 1410 g/mol. The zero-order valence-corrected chi connectivity index (χ0v) is 64.8. The quantitative estimate of drug-likeness (QED) is 0.0222. The molecule has 570 valence electrons. The number of unbranched alkanes of at least 4 members (excludes halogenated alkanes) is 39. The largest absolute Gasteiger partial charge is 0.472 e. The number of carbonyl (C=O) groups excluding carboxylic acids is 4. The third kappa shape index (κ3) is 69.2. The summed E-state index contributed by atoms with van der Waals surface area (Å²) in [5, 5.41) is 10.6. The predicted molar refractivity (Wildman–Crippen MR) is 391 cm³/mol. The van der Waals surface area contributed by atoms with Gasteiger partial charge in [0.05, 0.1) is 26.4 Å². The number of rotatable bonds is 74. The van der Waals surface area contributed by atoms with E-state index in [1.54, 1.807) is 0 Å². The van der Waals surface area contributed by atoms with Crippen LogP contribution in [-0.2, 0) is 65.4 Å². The van der Waals surface area contributed by atoms with Gasteiger partial charge in [0.15, 0.2) is 12.2 Å². The molecule has 0 radical (unpaired) electrons. The second-order valence-electron chi connectivity index (χ2n) is 29.4. The van der Waals surface area contributed by atoms with Gasteiger partial charge in [-0.2, -0.15) is 0 Å². The van der Waals surface area contributed by atoms with Crippen LogP contribution in [0, 0.1) is 23.7 Å². The van der Waals surface area contributed by atoms with Crippen LogP contribution in [0.1, 0.15) is 389 Å². The minimum absolute atomic E-state index is 0.106. The van der Waals surface area contributed by atoms with Gasteiger partial charge in [-0.1, -0.05) is 338 Å². The van der Waals surface area contributed by atoms with E-state index >= 15 is 0 Å². The van der Waals surface area contributed by atoms with Crippen molar-refractivity contribution in [2.24, 2.45) is 23.7 Å². The number of hydrogen-bond donors (Lipinski definition) is 3. The highest BCUT2D eigenvalue weighted by Crippen LogP contribution is 2.45. The molecule has 0 aromatic carbocycles. The number of phosphoric ester groups is 2. The molecular formula is C77H150O17P2. The number of esters is 4. The maximum atomic E-state index is 13.1. The molecular weight excluding hydrogens is 1260 g/mol. The van der Waals surface area contributed by atoms with Crippen LogP contribution < -0.4 is 0 Å². The molecule has 6 atom stereocenters. The molecule has 0 spiro atoms. The van der Waals surface area contributed by atoms with Crippen LogP contribution in [0.4, 0.5) is 0 Å². The van der Waals surface area contributed by atoms with Crippen LogP contribution >= 0.6 is 15.6 Å². The monoisotopic (exact) mass is 1410 g/mol. The van der Waals surface area contributed by atoms with Crippen LogP contribution in [0.2, 0.25) is 0 Å². The minimum atomic E-state index is -4.96. The fraction of sp³-hybridized carbons (Fsp3) is 0.948. The molecule has 96 heavy (non-hydrogen) atoms. The van der Waals surface area contributed by atoms with Crippen molar-refractivity contribution in [2.75, 3.05) is 39.6 Å². The Hall–Kier alpha value is -1.94. The van der Waals surface area contributed by atoms with Gasteiger partial charge < -0.3 is 33.8 Å². The minimum Gasteiger partial charge on any atom is -0.462 e. The van der Waals surface area contributed by atoms with E-state index in [4.69, 9.17) is 37.0 Å². The van der Waals surface area contributed by atoms with Crippen molar-refractivity contribution in [3.8, 4) is 0 Å². The first-order valence-corrected chi connectivity index (χ1v) is 42.7. The maximum absolute atomic E-state index is 13.1. The van der Waals surface area contributed by atoms with Crippen molar-refractivity contribution < 1.29 is 80.2 Å². The van der Waals surface area contributed by atoms with Crippen LogP contribution in [0.5, 0.6) is 0 Å². The third-order valence-electron chi connectivity index (χ3n) is 18.2. The van der Waals surface area contributed by atoms with E-state index in [2.05, 4.69) is 55.4 Å². The molecule has 0 aliphatic heterocycles. The molecule has 0 heterocycles. The van der Waals surface area contributed by atoms with Gasteiger partial charge in [-0.15, -0.1) is 0 Å². The molecule has 0 aliphatic carbocycles. The zero-order valence-electron chi connectivity index (χ0n) is 63.0. The molecule has 0 amide bonds. The summed E-state index contributed by atoms with van der Waals surface area (Å²) >= 11 is 0. The number of aliphatic hydroxyl groups is 1.